The monoisotopic (exact) mass is 274 g/mol. The molecule has 3 heteroatoms. The molecule has 0 aliphatic carbocycles. The van der Waals surface area contributed by atoms with Crippen molar-refractivity contribution >= 4 is 5.91 Å². The molecule has 110 valence electrons. The van der Waals surface area contributed by atoms with Gasteiger partial charge in [-0.05, 0) is 64.8 Å². The maximum absolute atomic E-state index is 12.9. The maximum atomic E-state index is 12.9. The highest BCUT2D eigenvalue weighted by Gasteiger charge is 2.30. The molecule has 1 aliphatic heterocycles. The summed E-state index contributed by atoms with van der Waals surface area (Å²) in [4.78, 5) is 15.0. The predicted octanol–water partition coefficient (Wildman–Crippen LogP) is 2.85. The third kappa shape index (κ3) is 3.21. The highest BCUT2D eigenvalue weighted by molar-refractivity contribution is 5.96. The maximum Gasteiger partial charge on any atom is 0.254 e. The molecule has 0 bridgehead atoms. The van der Waals surface area contributed by atoms with E-state index < -0.39 is 0 Å². The molecule has 1 amide bonds. The van der Waals surface area contributed by atoms with Crippen LogP contribution in [-0.2, 0) is 6.42 Å². The van der Waals surface area contributed by atoms with E-state index in [4.69, 9.17) is 0 Å². The van der Waals surface area contributed by atoms with Crippen molar-refractivity contribution in [2.24, 2.45) is 0 Å². The van der Waals surface area contributed by atoms with E-state index in [1.165, 1.54) is 6.42 Å². The van der Waals surface area contributed by atoms with Gasteiger partial charge < -0.3 is 10.2 Å². The molecule has 1 N–H and O–H groups in total. The Kier molecular flexibility index (Phi) is 5.18. The average molecular weight is 274 g/mol. The Balaban J connectivity index is 2.23. The van der Waals surface area contributed by atoms with Gasteiger partial charge in [0.1, 0.15) is 0 Å². The minimum atomic E-state index is 0.205. The molecule has 2 unspecified atom stereocenters. The number of carbonyl (C=O) groups excluding carboxylic acids is 1. The van der Waals surface area contributed by atoms with Crippen molar-refractivity contribution < 1.29 is 4.79 Å². The van der Waals surface area contributed by atoms with E-state index >= 15 is 0 Å². The van der Waals surface area contributed by atoms with Gasteiger partial charge in [-0.15, -0.1) is 0 Å². The summed E-state index contributed by atoms with van der Waals surface area (Å²) in [5, 5.41) is 3.15. The molecule has 1 aliphatic rings. The van der Waals surface area contributed by atoms with Gasteiger partial charge in [-0.1, -0.05) is 18.2 Å². The van der Waals surface area contributed by atoms with Crippen LogP contribution in [0, 0.1) is 0 Å². The standard InChI is InChI=1S/C17H26N2O/c1-13-7-6-8-14(2)19(13)17(20)16-10-5-4-9-15(16)11-12-18-3/h4-5,9-10,13-14,18H,6-8,11-12H2,1-3H3. The molecule has 2 atom stereocenters. The van der Waals surface area contributed by atoms with Gasteiger partial charge in [-0.2, -0.15) is 0 Å². The summed E-state index contributed by atoms with van der Waals surface area (Å²) in [6.07, 6.45) is 4.37. The Morgan fingerprint density at radius 2 is 1.90 bits per heavy atom. The smallest absolute Gasteiger partial charge is 0.254 e. The SMILES string of the molecule is CNCCc1ccccc1C(=O)N1C(C)CCCC1C. The van der Waals surface area contributed by atoms with Crippen LogP contribution < -0.4 is 5.32 Å². The first kappa shape index (κ1) is 15.0. The van der Waals surface area contributed by atoms with Gasteiger partial charge in [0, 0.05) is 17.6 Å². The van der Waals surface area contributed by atoms with Crippen LogP contribution >= 0.6 is 0 Å². The molecule has 3 nitrogen and oxygen atoms in total. The molecule has 20 heavy (non-hydrogen) atoms. The molecule has 0 radical (unpaired) electrons. The Hall–Kier alpha value is -1.35. The van der Waals surface area contributed by atoms with Gasteiger partial charge >= 0.3 is 0 Å². The molecule has 1 fully saturated rings. The van der Waals surface area contributed by atoms with Crippen molar-refractivity contribution in [3.8, 4) is 0 Å². The summed E-state index contributed by atoms with van der Waals surface area (Å²) in [7, 11) is 1.94. The Labute approximate surface area is 122 Å². The first-order valence-corrected chi connectivity index (χ1v) is 7.70. The minimum Gasteiger partial charge on any atom is -0.333 e. The van der Waals surface area contributed by atoms with E-state index in [1.54, 1.807) is 0 Å². The Morgan fingerprint density at radius 3 is 2.55 bits per heavy atom. The average Bonchev–Trinajstić information content (AvgIpc) is 2.45. The number of carbonyl (C=O) groups is 1. The van der Waals surface area contributed by atoms with Crippen molar-refractivity contribution in [3.05, 3.63) is 35.4 Å². The first-order chi connectivity index (χ1) is 9.65. The molecule has 0 saturated carbocycles. The highest BCUT2D eigenvalue weighted by atomic mass is 16.2. The number of piperidine rings is 1. The quantitative estimate of drug-likeness (QED) is 0.915. The Bertz CT molecular complexity index is 448. The predicted molar refractivity (Wildman–Crippen MR) is 83.0 cm³/mol. The zero-order valence-electron chi connectivity index (χ0n) is 12.9. The van der Waals surface area contributed by atoms with Crippen molar-refractivity contribution in [2.45, 2.75) is 51.6 Å². The molecule has 2 rings (SSSR count). The fraction of sp³-hybridized carbons (Fsp3) is 0.588. The van der Waals surface area contributed by atoms with Gasteiger partial charge in [0.05, 0.1) is 0 Å². The molecule has 1 aromatic carbocycles. The number of hydrogen-bond donors (Lipinski definition) is 1. The highest BCUT2D eigenvalue weighted by Crippen LogP contribution is 2.25. The number of benzene rings is 1. The second kappa shape index (κ2) is 6.89. The van der Waals surface area contributed by atoms with Crippen molar-refractivity contribution in [1.82, 2.24) is 10.2 Å². The topological polar surface area (TPSA) is 32.3 Å². The number of nitrogens with zero attached hydrogens (tertiary/aromatic N) is 1. The van der Waals surface area contributed by atoms with Crippen LogP contribution in [0.15, 0.2) is 24.3 Å². The lowest BCUT2D eigenvalue weighted by Crippen LogP contribution is -2.47. The van der Waals surface area contributed by atoms with Gasteiger partial charge in [-0.3, -0.25) is 4.79 Å². The summed E-state index contributed by atoms with van der Waals surface area (Å²) < 4.78 is 0. The molecule has 0 aromatic heterocycles. The number of likely N-dealkylation sites (N-methyl/N-ethyl adjacent to an activating group) is 1. The van der Waals surface area contributed by atoms with E-state index in [2.05, 4.69) is 30.1 Å². The summed E-state index contributed by atoms with van der Waals surface area (Å²) in [6, 6.07) is 8.73. The summed E-state index contributed by atoms with van der Waals surface area (Å²) in [6.45, 7) is 5.24. The van der Waals surface area contributed by atoms with E-state index in [0.29, 0.717) is 12.1 Å². The lowest BCUT2D eigenvalue weighted by molar-refractivity contribution is 0.0509. The van der Waals surface area contributed by atoms with Crippen molar-refractivity contribution in [1.29, 1.82) is 0 Å². The Morgan fingerprint density at radius 1 is 1.25 bits per heavy atom. The normalized spacial score (nSPS) is 22.9. The van der Waals surface area contributed by atoms with Crippen LogP contribution in [0.4, 0.5) is 0 Å². The second-order valence-electron chi connectivity index (χ2n) is 5.85. The zero-order chi connectivity index (χ0) is 14.5. The lowest BCUT2D eigenvalue weighted by Gasteiger charge is -2.39. The summed E-state index contributed by atoms with van der Waals surface area (Å²) in [5.41, 5.74) is 2.03. The van der Waals surface area contributed by atoms with Crippen molar-refractivity contribution in [2.75, 3.05) is 13.6 Å². The number of amides is 1. The van der Waals surface area contributed by atoms with Gasteiger partial charge in [0.2, 0.25) is 0 Å². The van der Waals surface area contributed by atoms with Crippen molar-refractivity contribution in [3.63, 3.8) is 0 Å². The lowest BCUT2D eigenvalue weighted by atomic mass is 9.95. The van der Waals surface area contributed by atoms with Crippen LogP contribution in [0.25, 0.3) is 0 Å². The van der Waals surface area contributed by atoms with Gasteiger partial charge in [0.15, 0.2) is 0 Å². The van der Waals surface area contributed by atoms with Crippen LogP contribution in [0.2, 0.25) is 0 Å². The van der Waals surface area contributed by atoms with Crippen LogP contribution in [0.1, 0.15) is 49.0 Å². The van der Waals surface area contributed by atoms with E-state index in [9.17, 15) is 4.79 Å². The fourth-order valence-electron chi connectivity index (χ4n) is 3.17. The molecule has 0 spiro atoms. The van der Waals surface area contributed by atoms with E-state index in [0.717, 1.165) is 36.9 Å². The third-order valence-corrected chi connectivity index (χ3v) is 4.32. The van der Waals surface area contributed by atoms with Crippen LogP contribution in [-0.4, -0.2) is 36.5 Å². The van der Waals surface area contributed by atoms with Gasteiger partial charge in [0.25, 0.3) is 5.91 Å². The number of rotatable bonds is 4. The second-order valence-corrected chi connectivity index (χ2v) is 5.85. The number of hydrogen-bond acceptors (Lipinski definition) is 2. The fourth-order valence-corrected chi connectivity index (χ4v) is 3.17. The zero-order valence-corrected chi connectivity index (χ0v) is 12.9. The van der Waals surface area contributed by atoms with Crippen LogP contribution in [0.3, 0.4) is 0 Å². The third-order valence-electron chi connectivity index (χ3n) is 4.32. The summed E-state index contributed by atoms with van der Waals surface area (Å²) >= 11 is 0. The van der Waals surface area contributed by atoms with Gasteiger partial charge in [-0.25, -0.2) is 0 Å². The molecular formula is C17H26N2O. The molecular weight excluding hydrogens is 248 g/mol. The van der Waals surface area contributed by atoms with E-state index in [-0.39, 0.29) is 5.91 Å². The van der Waals surface area contributed by atoms with E-state index in [1.807, 2.05) is 25.2 Å². The summed E-state index contributed by atoms with van der Waals surface area (Å²) in [5.74, 6) is 0.205. The number of likely N-dealkylation sites (tertiary alicyclic amines) is 1. The number of nitrogens with one attached hydrogen (secondary N) is 1. The first-order valence-electron chi connectivity index (χ1n) is 7.70. The molecule has 1 saturated heterocycles. The minimum absolute atomic E-state index is 0.205. The van der Waals surface area contributed by atoms with Crippen LogP contribution in [0.5, 0.6) is 0 Å². The molecule has 1 aromatic rings. The molecule has 1 heterocycles. The largest absolute Gasteiger partial charge is 0.333 e.